The molecular weight excluding hydrogens is 889 g/mol. The predicted octanol–water partition coefficient (Wildman–Crippen LogP) is 20.3. The molecule has 6 heteroatoms. The van der Waals surface area contributed by atoms with Crippen LogP contribution in [0.5, 0.6) is 0 Å². The van der Waals surface area contributed by atoms with Gasteiger partial charge in [0.25, 0.3) is 0 Å². The third-order valence-corrected chi connectivity index (χ3v) is 12.5. The van der Waals surface area contributed by atoms with Gasteiger partial charge in [-0.05, 0) is 103 Å². The Morgan fingerprint density at radius 1 is 0.292 bits per heavy atom. The van der Waals surface area contributed by atoms with Gasteiger partial charge in [-0.2, -0.15) is 0 Å². The lowest BCUT2D eigenvalue weighted by atomic mass is 10.0. The Morgan fingerprint density at radius 2 is 0.569 bits per heavy atom. The molecular formula is C66H110O6. The van der Waals surface area contributed by atoms with Gasteiger partial charge in [-0.1, -0.05) is 259 Å². The van der Waals surface area contributed by atoms with Crippen LogP contribution in [0.25, 0.3) is 0 Å². The number of unbranched alkanes of at least 4 members (excludes halogenated alkanes) is 24. The van der Waals surface area contributed by atoms with Gasteiger partial charge in [0.15, 0.2) is 6.10 Å². The maximum Gasteiger partial charge on any atom is 0.306 e. The number of esters is 3. The van der Waals surface area contributed by atoms with E-state index in [-0.39, 0.29) is 31.1 Å². The summed E-state index contributed by atoms with van der Waals surface area (Å²) >= 11 is 0. The third kappa shape index (κ3) is 57.0. The molecule has 0 amide bonds. The fourth-order valence-electron chi connectivity index (χ4n) is 8.05. The van der Waals surface area contributed by atoms with E-state index in [0.717, 1.165) is 141 Å². The van der Waals surface area contributed by atoms with Crippen molar-refractivity contribution in [2.45, 2.75) is 277 Å². The van der Waals surface area contributed by atoms with Gasteiger partial charge in [-0.25, -0.2) is 0 Å². The number of rotatable bonds is 53. The van der Waals surface area contributed by atoms with Crippen molar-refractivity contribution in [3.63, 3.8) is 0 Å². The molecule has 0 spiro atoms. The van der Waals surface area contributed by atoms with Gasteiger partial charge in [0, 0.05) is 19.3 Å². The fraction of sp³-hybridized carbons (Fsp3) is 0.682. The van der Waals surface area contributed by atoms with Crippen LogP contribution in [0, 0.1) is 0 Å². The Kier molecular flexibility index (Phi) is 56.4. The number of carbonyl (C=O) groups excluding carboxylic acids is 3. The van der Waals surface area contributed by atoms with Crippen LogP contribution < -0.4 is 0 Å². The van der Waals surface area contributed by atoms with E-state index in [0.29, 0.717) is 19.3 Å². The minimum Gasteiger partial charge on any atom is -0.462 e. The normalized spacial score (nSPS) is 12.9. The Morgan fingerprint density at radius 3 is 0.917 bits per heavy atom. The molecule has 0 bridgehead atoms. The molecule has 0 aliphatic rings. The van der Waals surface area contributed by atoms with Crippen molar-refractivity contribution in [2.24, 2.45) is 0 Å². The highest BCUT2D eigenvalue weighted by atomic mass is 16.6. The number of allylic oxidation sites excluding steroid dienone is 18. The molecule has 0 fully saturated rings. The lowest BCUT2D eigenvalue weighted by Crippen LogP contribution is -2.30. The molecule has 1 unspecified atom stereocenters. The van der Waals surface area contributed by atoms with Gasteiger partial charge in [0.2, 0.25) is 0 Å². The highest BCUT2D eigenvalue weighted by molar-refractivity contribution is 5.71. The SMILES string of the molecule is CC/C=C\C/C=C\C/C=C\C/C=C\C/C=C\C/C=C\C/C=C\CCCCCC(=O)OCC(COC(=O)CCCCCCC/C=C\C/C=C\CCC)OC(=O)CCCCCCCCCCCCCCCCCC. The maximum absolute atomic E-state index is 12.9. The van der Waals surface area contributed by atoms with Crippen LogP contribution in [0.15, 0.2) is 109 Å². The first kappa shape index (κ1) is 68.1. The number of carbonyl (C=O) groups is 3. The topological polar surface area (TPSA) is 78.9 Å². The van der Waals surface area contributed by atoms with Crippen LogP contribution >= 0.6 is 0 Å². The molecule has 410 valence electrons. The van der Waals surface area contributed by atoms with Gasteiger partial charge in [-0.3, -0.25) is 14.4 Å². The smallest absolute Gasteiger partial charge is 0.306 e. The molecule has 6 nitrogen and oxygen atoms in total. The first-order valence-electron chi connectivity index (χ1n) is 29.9. The fourth-order valence-corrected chi connectivity index (χ4v) is 8.05. The first-order chi connectivity index (χ1) is 35.5. The third-order valence-electron chi connectivity index (χ3n) is 12.5. The van der Waals surface area contributed by atoms with Crippen LogP contribution in [-0.4, -0.2) is 37.2 Å². The van der Waals surface area contributed by atoms with E-state index in [4.69, 9.17) is 14.2 Å². The second-order valence-corrected chi connectivity index (χ2v) is 19.5. The van der Waals surface area contributed by atoms with Crippen molar-refractivity contribution in [2.75, 3.05) is 13.2 Å². The van der Waals surface area contributed by atoms with E-state index in [9.17, 15) is 14.4 Å². The summed E-state index contributed by atoms with van der Waals surface area (Å²) in [5.74, 6) is -0.938. The van der Waals surface area contributed by atoms with Crippen LogP contribution in [0.4, 0.5) is 0 Å². The Balaban J connectivity index is 4.42. The van der Waals surface area contributed by atoms with Gasteiger partial charge < -0.3 is 14.2 Å². The van der Waals surface area contributed by atoms with E-state index in [1.54, 1.807) is 0 Å². The number of ether oxygens (including phenoxy) is 3. The number of hydrogen-bond acceptors (Lipinski definition) is 6. The van der Waals surface area contributed by atoms with Gasteiger partial charge in [0.05, 0.1) is 0 Å². The molecule has 0 aliphatic carbocycles. The highest BCUT2D eigenvalue weighted by Crippen LogP contribution is 2.16. The molecule has 0 aromatic heterocycles. The summed E-state index contributed by atoms with van der Waals surface area (Å²) in [6.07, 6.45) is 80.8. The van der Waals surface area contributed by atoms with E-state index in [1.165, 1.54) is 89.9 Å². The Labute approximate surface area is 444 Å². The van der Waals surface area contributed by atoms with Crippen LogP contribution in [0.3, 0.4) is 0 Å². The standard InChI is InChI=1S/C66H110O6/c1-4-7-10-13-16-19-22-25-27-29-30-31-32-33-34-35-36-37-39-41-44-47-50-53-56-59-65(68)71-62-63(61-70-64(67)58-55-52-49-46-43-40-24-21-18-15-12-9-6-3)72-66(69)60-57-54-51-48-45-42-38-28-26-23-20-17-14-11-8-5-2/h7,10,12,15-16,19,21,24-25,27,30-31,33-34,36-37,41,44,63H,4-6,8-9,11,13-14,17-18,20,22-23,26,28-29,32,35,38-40,42-43,45-62H2,1-3H3/b10-7-,15-12-,19-16-,24-21-,27-25-,31-30-,34-33-,37-36-,44-41-. The van der Waals surface area contributed by atoms with Crippen LogP contribution in [0.2, 0.25) is 0 Å². The van der Waals surface area contributed by atoms with Crippen molar-refractivity contribution in [3.8, 4) is 0 Å². The maximum atomic E-state index is 12.9. The van der Waals surface area contributed by atoms with E-state index in [2.05, 4.69) is 130 Å². The summed E-state index contributed by atoms with van der Waals surface area (Å²) in [6.45, 7) is 6.43. The Hall–Kier alpha value is -3.93. The van der Waals surface area contributed by atoms with Crippen LogP contribution in [-0.2, 0) is 28.6 Å². The average molecular weight is 1000 g/mol. The van der Waals surface area contributed by atoms with Crippen molar-refractivity contribution >= 4 is 17.9 Å². The molecule has 0 saturated heterocycles. The summed E-state index contributed by atoms with van der Waals surface area (Å²) in [7, 11) is 0. The monoisotopic (exact) mass is 999 g/mol. The van der Waals surface area contributed by atoms with Gasteiger partial charge in [0.1, 0.15) is 13.2 Å². The quantitative estimate of drug-likeness (QED) is 0.0261. The zero-order valence-corrected chi connectivity index (χ0v) is 46.9. The van der Waals surface area contributed by atoms with E-state index < -0.39 is 6.10 Å². The summed E-state index contributed by atoms with van der Waals surface area (Å²) in [6, 6.07) is 0. The summed E-state index contributed by atoms with van der Waals surface area (Å²) in [5, 5.41) is 0. The summed E-state index contributed by atoms with van der Waals surface area (Å²) in [4.78, 5) is 38.2. The second kappa shape index (κ2) is 59.6. The Bertz CT molecular complexity index is 1470. The largest absolute Gasteiger partial charge is 0.462 e. The minimum absolute atomic E-state index is 0.0956. The molecule has 0 saturated carbocycles. The van der Waals surface area contributed by atoms with Crippen molar-refractivity contribution in [1.29, 1.82) is 0 Å². The lowest BCUT2D eigenvalue weighted by molar-refractivity contribution is -0.167. The van der Waals surface area contributed by atoms with Crippen LogP contribution in [0.1, 0.15) is 271 Å². The van der Waals surface area contributed by atoms with Crippen molar-refractivity contribution < 1.29 is 28.6 Å². The molecule has 0 N–H and O–H groups in total. The van der Waals surface area contributed by atoms with E-state index in [1.807, 2.05) is 0 Å². The highest BCUT2D eigenvalue weighted by Gasteiger charge is 2.19. The summed E-state index contributed by atoms with van der Waals surface area (Å²) in [5.41, 5.74) is 0. The minimum atomic E-state index is -0.798. The zero-order chi connectivity index (χ0) is 52.2. The molecule has 0 aromatic rings. The van der Waals surface area contributed by atoms with Crippen molar-refractivity contribution in [3.05, 3.63) is 109 Å². The number of hydrogen-bond donors (Lipinski definition) is 0. The molecule has 1 atom stereocenters. The van der Waals surface area contributed by atoms with Gasteiger partial charge in [-0.15, -0.1) is 0 Å². The molecule has 0 aromatic carbocycles. The molecule has 0 rings (SSSR count). The first-order valence-corrected chi connectivity index (χ1v) is 29.9. The molecule has 72 heavy (non-hydrogen) atoms. The molecule has 0 heterocycles. The predicted molar refractivity (Wildman–Crippen MR) is 311 cm³/mol. The second-order valence-electron chi connectivity index (χ2n) is 19.5. The average Bonchev–Trinajstić information content (AvgIpc) is 3.38. The zero-order valence-electron chi connectivity index (χ0n) is 46.9. The molecule has 0 radical (unpaired) electrons. The summed E-state index contributed by atoms with van der Waals surface area (Å²) < 4.78 is 16.8. The van der Waals surface area contributed by atoms with E-state index >= 15 is 0 Å². The molecule has 0 aliphatic heterocycles. The lowest BCUT2D eigenvalue weighted by Gasteiger charge is -2.18. The van der Waals surface area contributed by atoms with Gasteiger partial charge >= 0.3 is 17.9 Å². The van der Waals surface area contributed by atoms with Crippen molar-refractivity contribution in [1.82, 2.24) is 0 Å².